The van der Waals surface area contributed by atoms with Crippen LogP contribution in [-0.4, -0.2) is 9.55 Å². The highest BCUT2D eigenvalue weighted by Gasteiger charge is 2.35. The van der Waals surface area contributed by atoms with Gasteiger partial charge in [0.15, 0.2) is 4.77 Å². The van der Waals surface area contributed by atoms with Gasteiger partial charge in [0.2, 0.25) is 0 Å². The van der Waals surface area contributed by atoms with Crippen LogP contribution in [0.3, 0.4) is 0 Å². The van der Waals surface area contributed by atoms with Gasteiger partial charge in [-0.05, 0) is 50.5 Å². The molecule has 1 fully saturated rings. The second-order valence-electron chi connectivity index (χ2n) is 4.75. The van der Waals surface area contributed by atoms with Crippen LogP contribution < -0.4 is 0 Å². The highest BCUT2D eigenvalue weighted by molar-refractivity contribution is 7.71. The van der Waals surface area contributed by atoms with E-state index in [0.717, 1.165) is 18.4 Å². The summed E-state index contributed by atoms with van der Waals surface area (Å²) in [5.74, 6) is -0.231. The molecule has 1 saturated carbocycles. The van der Waals surface area contributed by atoms with Gasteiger partial charge in [0.1, 0.15) is 11.3 Å². The molecular formula is C12H13FN2S. The number of aromatic amines is 1. The molecule has 1 aliphatic rings. The molecule has 0 bridgehead atoms. The maximum absolute atomic E-state index is 13.6. The number of benzene rings is 1. The maximum atomic E-state index is 13.6. The first-order valence-corrected chi connectivity index (χ1v) is 5.92. The molecule has 1 aromatic carbocycles. The van der Waals surface area contributed by atoms with E-state index >= 15 is 0 Å². The zero-order valence-corrected chi connectivity index (χ0v) is 9.90. The first-order valence-electron chi connectivity index (χ1n) is 5.52. The summed E-state index contributed by atoms with van der Waals surface area (Å²) in [6.45, 7) is 2.19. The molecule has 16 heavy (non-hydrogen) atoms. The van der Waals surface area contributed by atoms with Crippen molar-refractivity contribution in [1.29, 1.82) is 0 Å². The van der Waals surface area contributed by atoms with Gasteiger partial charge in [-0.15, -0.1) is 0 Å². The molecular weight excluding hydrogens is 223 g/mol. The number of para-hydroxylation sites is 1. The standard InChI is InChI=1S/C12H13FN2S/c1-12(6-3-7-12)15-9-5-2-4-8(13)10(9)14-11(15)16/h2,4-5H,3,6-7H2,1H3,(H,14,16). The first-order chi connectivity index (χ1) is 7.62. The van der Waals surface area contributed by atoms with Crippen LogP contribution in [0.5, 0.6) is 0 Å². The van der Waals surface area contributed by atoms with E-state index in [1.54, 1.807) is 6.07 Å². The molecule has 0 radical (unpaired) electrons. The number of rotatable bonds is 1. The number of aromatic nitrogens is 2. The zero-order chi connectivity index (χ0) is 11.3. The average molecular weight is 236 g/mol. The molecule has 2 nitrogen and oxygen atoms in total. The van der Waals surface area contributed by atoms with Gasteiger partial charge in [0.25, 0.3) is 0 Å². The number of fused-ring (bicyclic) bond motifs is 1. The Morgan fingerprint density at radius 3 is 2.81 bits per heavy atom. The van der Waals surface area contributed by atoms with Crippen LogP contribution in [0.2, 0.25) is 0 Å². The van der Waals surface area contributed by atoms with Crippen molar-refractivity contribution < 1.29 is 4.39 Å². The second-order valence-corrected chi connectivity index (χ2v) is 5.14. The number of nitrogens with one attached hydrogen (secondary N) is 1. The minimum Gasteiger partial charge on any atom is -0.328 e. The van der Waals surface area contributed by atoms with Crippen molar-refractivity contribution in [2.24, 2.45) is 0 Å². The van der Waals surface area contributed by atoms with Crippen molar-refractivity contribution in [3.05, 3.63) is 28.8 Å². The summed E-state index contributed by atoms with van der Waals surface area (Å²) in [5, 5.41) is 0. The summed E-state index contributed by atoms with van der Waals surface area (Å²) in [7, 11) is 0. The van der Waals surface area contributed by atoms with Gasteiger partial charge in [-0.2, -0.15) is 0 Å². The lowest BCUT2D eigenvalue weighted by Crippen LogP contribution is -2.37. The molecule has 0 amide bonds. The molecule has 4 heteroatoms. The fraction of sp³-hybridized carbons (Fsp3) is 0.417. The van der Waals surface area contributed by atoms with Crippen LogP contribution in [0.1, 0.15) is 26.2 Å². The van der Waals surface area contributed by atoms with Crippen LogP contribution in [0.4, 0.5) is 4.39 Å². The molecule has 0 spiro atoms. The van der Waals surface area contributed by atoms with Crippen molar-refractivity contribution in [2.75, 3.05) is 0 Å². The molecule has 0 aliphatic heterocycles. The largest absolute Gasteiger partial charge is 0.328 e. The van der Waals surface area contributed by atoms with E-state index < -0.39 is 0 Å². The third kappa shape index (κ3) is 1.19. The summed E-state index contributed by atoms with van der Waals surface area (Å²) in [5.41, 5.74) is 1.48. The molecule has 1 heterocycles. The van der Waals surface area contributed by atoms with Gasteiger partial charge in [0, 0.05) is 5.54 Å². The third-order valence-electron chi connectivity index (χ3n) is 3.64. The van der Waals surface area contributed by atoms with Gasteiger partial charge in [-0.1, -0.05) is 6.07 Å². The predicted octanol–water partition coefficient (Wildman–Crippen LogP) is 3.74. The first kappa shape index (κ1) is 10.0. The summed E-state index contributed by atoms with van der Waals surface area (Å²) < 4.78 is 16.3. The minimum absolute atomic E-state index is 0.0725. The number of hydrogen-bond acceptors (Lipinski definition) is 1. The average Bonchev–Trinajstić information content (AvgIpc) is 2.53. The lowest BCUT2D eigenvalue weighted by atomic mass is 9.78. The van der Waals surface area contributed by atoms with Crippen molar-refractivity contribution in [1.82, 2.24) is 9.55 Å². The van der Waals surface area contributed by atoms with Gasteiger partial charge in [-0.3, -0.25) is 0 Å². The van der Waals surface area contributed by atoms with E-state index in [9.17, 15) is 4.39 Å². The quantitative estimate of drug-likeness (QED) is 0.748. The highest BCUT2D eigenvalue weighted by Crippen LogP contribution is 2.40. The van der Waals surface area contributed by atoms with Crippen molar-refractivity contribution in [3.8, 4) is 0 Å². The Labute approximate surface area is 98.1 Å². The monoisotopic (exact) mass is 236 g/mol. The van der Waals surface area contributed by atoms with Crippen molar-refractivity contribution in [3.63, 3.8) is 0 Å². The van der Waals surface area contributed by atoms with Gasteiger partial charge < -0.3 is 9.55 Å². The number of hydrogen-bond donors (Lipinski definition) is 1. The molecule has 0 saturated heterocycles. The Morgan fingerprint density at radius 1 is 1.44 bits per heavy atom. The lowest BCUT2D eigenvalue weighted by Gasteiger charge is -2.40. The summed E-state index contributed by atoms with van der Waals surface area (Å²) in [6.07, 6.45) is 3.45. The van der Waals surface area contributed by atoms with E-state index in [0.29, 0.717) is 10.3 Å². The number of halogens is 1. The smallest absolute Gasteiger partial charge is 0.178 e. The maximum Gasteiger partial charge on any atom is 0.178 e. The van der Waals surface area contributed by atoms with Crippen LogP contribution in [0, 0.1) is 10.6 Å². The van der Waals surface area contributed by atoms with Crippen LogP contribution in [-0.2, 0) is 5.54 Å². The summed E-state index contributed by atoms with van der Waals surface area (Å²) >= 11 is 5.30. The third-order valence-corrected chi connectivity index (χ3v) is 3.92. The van der Waals surface area contributed by atoms with E-state index in [-0.39, 0.29) is 11.4 Å². The summed E-state index contributed by atoms with van der Waals surface area (Å²) in [6, 6.07) is 5.12. The highest BCUT2D eigenvalue weighted by atomic mass is 32.1. The zero-order valence-electron chi connectivity index (χ0n) is 9.09. The van der Waals surface area contributed by atoms with Gasteiger partial charge >= 0.3 is 0 Å². The molecule has 84 valence electrons. The Balaban J connectivity index is 2.36. The molecule has 0 atom stereocenters. The number of H-pyrrole nitrogens is 1. The molecule has 0 unspecified atom stereocenters. The van der Waals surface area contributed by atoms with Crippen LogP contribution in [0.25, 0.3) is 11.0 Å². The van der Waals surface area contributed by atoms with Gasteiger partial charge in [0.05, 0.1) is 5.52 Å². The molecule has 2 aromatic rings. The molecule has 1 aromatic heterocycles. The molecule has 1 N–H and O–H groups in total. The fourth-order valence-corrected chi connectivity index (χ4v) is 2.96. The summed E-state index contributed by atoms with van der Waals surface area (Å²) in [4.78, 5) is 2.97. The predicted molar refractivity (Wildman–Crippen MR) is 64.6 cm³/mol. The second kappa shape index (κ2) is 3.17. The number of imidazole rings is 1. The normalized spacial score (nSPS) is 18.6. The van der Waals surface area contributed by atoms with Crippen LogP contribution >= 0.6 is 12.2 Å². The van der Waals surface area contributed by atoms with E-state index in [4.69, 9.17) is 12.2 Å². The lowest BCUT2D eigenvalue weighted by molar-refractivity contribution is 0.172. The van der Waals surface area contributed by atoms with Gasteiger partial charge in [-0.25, -0.2) is 4.39 Å². The fourth-order valence-electron chi connectivity index (χ4n) is 2.54. The van der Waals surface area contributed by atoms with Crippen LogP contribution in [0.15, 0.2) is 18.2 Å². The molecule has 1 aliphatic carbocycles. The SMILES string of the molecule is CC1(n2c(=S)[nH]c3c(F)cccc32)CCC1. The van der Waals surface area contributed by atoms with E-state index in [1.807, 2.05) is 6.07 Å². The molecule has 3 rings (SSSR count). The Kier molecular flexibility index (Phi) is 1.98. The topological polar surface area (TPSA) is 20.7 Å². The van der Waals surface area contributed by atoms with E-state index in [2.05, 4.69) is 16.5 Å². The van der Waals surface area contributed by atoms with Crippen molar-refractivity contribution in [2.45, 2.75) is 31.7 Å². The Bertz CT molecular complexity index is 607. The number of nitrogens with zero attached hydrogens (tertiary/aromatic N) is 1. The minimum atomic E-state index is -0.231. The van der Waals surface area contributed by atoms with E-state index in [1.165, 1.54) is 12.5 Å². The Morgan fingerprint density at radius 2 is 2.19 bits per heavy atom. The van der Waals surface area contributed by atoms with Crippen molar-refractivity contribution >= 4 is 23.3 Å². The Hall–Kier alpha value is -1.16.